The lowest BCUT2D eigenvalue weighted by Crippen LogP contribution is -2.32. The molecule has 2 amide bonds. The van der Waals surface area contributed by atoms with Gasteiger partial charge in [0.1, 0.15) is 37.1 Å². The Hall–Kier alpha value is -3.71. The van der Waals surface area contributed by atoms with Crippen LogP contribution >= 0.6 is 11.8 Å². The Morgan fingerprint density at radius 2 is 1.50 bits per heavy atom. The lowest BCUT2D eigenvalue weighted by Gasteiger charge is -2.14. The summed E-state index contributed by atoms with van der Waals surface area (Å²) in [6.07, 6.45) is 1.71. The first-order valence-corrected chi connectivity index (χ1v) is 12.6. The molecule has 0 saturated carbocycles. The Bertz CT molecular complexity index is 1270. The van der Waals surface area contributed by atoms with Crippen LogP contribution in [0.2, 0.25) is 0 Å². The molecule has 1 aliphatic rings. The SMILES string of the molecule is Cc1ccc(OCCOc2cccc(/C=C3\SC(=O)N(CCOc4cc(C)ccc4C)C3=O)c2)cc1. The molecule has 0 bridgehead atoms. The molecule has 0 radical (unpaired) electrons. The van der Waals surface area contributed by atoms with Crippen LogP contribution in [0.3, 0.4) is 0 Å². The first-order valence-electron chi connectivity index (χ1n) is 11.8. The predicted octanol–water partition coefficient (Wildman–Crippen LogP) is 6.18. The molecule has 3 aromatic carbocycles. The van der Waals surface area contributed by atoms with Gasteiger partial charge in [-0.25, -0.2) is 0 Å². The third-order valence-corrected chi connectivity index (χ3v) is 6.49. The highest BCUT2D eigenvalue weighted by molar-refractivity contribution is 8.18. The van der Waals surface area contributed by atoms with E-state index in [1.807, 2.05) is 87.5 Å². The molecule has 0 aromatic heterocycles. The van der Waals surface area contributed by atoms with Crippen molar-refractivity contribution < 1.29 is 23.8 Å². The first-order chi connectivity index (χ1) is 17.4. The minimum Gasteiger partial charge on any atom is -0.491 e. The molecule has 1 aliphatic heterocycles. The summed E-state index contributed by atoms with van der Waals surface area (Å²) in [5.74, 6) is 1.91. The van der Waals surface area contributed by atoms with Gasteiger partial charge in [-0.3, -0.25) is 14.5 Å². The number of thioether (sulfide) groups is 1. The molecule has 7 heteroatoms. The van der Waals surface area contributed by atoms with Crippen LogP contribution in [0.1, 0.15) is 22.3 Å². The molecule has 36 heavy (non-hydrogen) atoms. The fraction of sp³-hybridized carbons (Fsp3) is 0.241. The number of nitrogens with zero attached hydrogens (tertiary/aromatic N) is 1. The highest BCUT2D eigenvalue weighted by Crippen LogP contribution is 2.32. The maximum absolute atomic E-state index is 12.8. The normalized spacial score (nSPS) is 14.4. The smallest absolute Gasteiger partial charge is 0.293 e. The summed E-state index contributed by atoms with van der Waals surface area (Å²) >= 11 is 0.937. The second kappa shape index (κ2) is 11.8. The van der Waals surface area contributed by atoms with Crippen molar-refractivity contribution in [2.75, 3.05) is 26.4 Å². The number of carbonyl (C=O) groups excluding carboxylic acids is 2. The van der Waals surface area contributed by atoms with Crippen molar-refractivity contribution in [2.45, 2.75) is 20.8 Å². The Morgan fingerprint density at radius 1 is 0.778 bits per heavy atom. The zero-order valence-electron chi connectivity index (χ0n) is 20.7. The monoisotopic (exact) mass is 503 g/mol. The summed E-state index contributed by atoms with van der Waals surface area (Å²) in [7, 11) is 0. The molecule has 6 nitrogen and oxygen atoms in total. The second-order valence-electron chi connectivity index (χ2n) is 8.53. The molecule has 1 fully saturated rings. The number of ether oxygens (including phenoxy) is 3. The van der Waals surface area contributed by atoms with Gasteiger partial charge in [-0.05, 0) is 85.6 Å². The van der Waals surface area contributed by atoms with Gasteiger partial charge in [-0.15, -0.1) is 0 Å². The van der Waals surface area contributed by atoms with Gasteiger partial charge in [0.05, 0.1) is 11.4 Å². The van der Waals surface area contributed by atoms with Gasteiger partial charge in [-0.2, -0.15) is 0 Å². The summed E-state index contributed by atoms with van der Waals surface area (Å²) in [4.78, 5) is 26.9. The van der Waals surface area contributed by atoms with Crippen molar-refractivity contribution in [3.63, 3.8) is 0 Å². The van der Waals surface area contributed by atoms with E-state index in [1.165, 1.54) is 10.5 Å². The molecule has 0 spiro atoms. The molecule has 186 valence electrons. The van der Waals surface area contributed by atoms with Crippen LogP contribution in [0, 0.1) is 20.8 Å². The topological polar surface area (TPSA) is 65.1 Å². The lowest BCUT2D eigenvalue weighted by atomic mass is 10.1. The van der Waals surface area contributed by atoms with E-state index in [-0.39, 0.29) is 24.3 Å². The van der Waals surface area contributed by atoms with Crippen LogP contribution in [-0.2, 0) is 4.79 Å². The average molecular weight is 504 g/mol. The Labute approximate surface area is 215 Å². The molecule has 3 aromatic rings. The Balaban J connectivity index is 1.30. The van der Waals surface area contributed by atoms with Crippen molar-refractivity contribution in [3.05, 3.63) is 93.9 Å². The number of carbonyl (C=O) groups is 2. The number of hydrogen-bond donors (Lipinski definition) is 0. The molecule has 1 saturated heterocycles. The molecule has 0 atom stereocenters. The predicted molar refractivity (Wildman–Crippen MR) is 143 cm³/mol. The second-order valence-corrected chi connectivity index (χ2v) is 9.53. The van der Waals surface area contributed by atoms with Crippen molar-refractivity contribution in [2.24, 2.45) is 0 Å². The molecule has 0 N–H and O–H groups in total. The number of hydrogen-bond acceptors (Lipinski definition) is 6. The van der Waals surface area contributed by atoms with Gasteiger partial charge in [0, 0.05) is 0 Å². The number of aryl methyl sites for hydroxylation is 3. The molecule has 0 aliphatic carbocycles. The van der Waals surface area contributed by atoms with Crippen molar-refractivity contribution in [3.8, 4) is 17.2 Å². The first kappa shape index (κ1) is 25.4. The highest BCUT2D eigenvalue weighted by atomic mass is 32.2. The van der Waals surface area contributed by atoms with E-state index >= 15 is 0 Å². The molecule has 1 heterocycles. The zero-order valence-corrected chi connectivity index (χ0v) is 21.5. The largest absolute Gasteiger partial charge is 0.491 e. The third kappa shape index (κ3) is 6.70. The fourth-order valence-electron chi connectivity index (χ4n) is 3.60. The number of amides is 2. The summed E-state index contributed by atoms with van der Waals surface area (Å²) in [5, 5.41) is -0.295. The number of imide groups is 1. The van der Waals surface area contributed by atoms with Crippen molar-refractivity contribution in [1.29, 1.82) is 0 Å². The molecular formula is C29H29NO5S. The van der Waals surface area contributed by atoms with E-state index in [0.717, 1.165) is 40.0 Å². The summed E-state index contributed by atoms with van der Waals surface area (Å²) < 4.78 is 17.3. The van der Waals surface area contributed by atoms with Gasteiger partial charge in [0.2, 0.25) is 0 Å². The van der Waals surface area contributed by atoms with Gasteiger partial charge in [-0.1, -0.05) is 42.0 Å². The minimum absolute atomic E-state index is 0.194. The number of rotatable bonds is 10. The van der Waals surface area contributed by atoms with Gasteiger partial charge in [0.25, 0.3) is 11.1 Å². The van der Waals surface area contributed by atoms with Crippen molar-refractivity contribution >= 4 is 29.0 Å². The molecule has 0 unspecified atom stereocenters. The van der Waals surface area contributed by atoms with E-state index < -0.39 is 0 Å². The zero-order chi connectivity index (χ0) is 25.5. The van der Waals surface area contributed by atoms with Crippen LogP contribution in [0.15, 0.2) is 71.6 Å². The van der Waals surface area contributed by atoms with Gasteiger partial charge >= 0.3 is 0 Å². The summed E-state index contributed by atoms with van der Waals surface area (Å²) in [6.45, 7) is 7.22. The average Bonchev–Trinajstić information content (AvgIpc) is 3.12. The fourth-order valence-corrected chi connectivity index (χ4v) is 4.47. The maximum atomic E-state index is 12.8. The summed E-state index contributed by atoms with van der Waals surface area (Å²) in [6, 6.07) is 21.2. The van der Waals surface area contributed by atoms with E-state index in [9.17, 15) is 9.59 Å². The van der Waals surface area contributed by atoms with Crippen LogP contribution in [0.5, 0.6) is 17.2 Å². The minimum atomic E-state index is -0.313. The maximum Gasteiger partial charge on any atom is 0.293 e. The lowest BCUT2D eigenvalue weighted by molar-refractivity contribution is -0.123. The molecule has 4 rings (SSSR count). The Kier molecular flexibility index (Phi) is 8.33. The standard InChI is InChI=1S/C29H29NO5S/c1-20-8-11-24(12-9-20)33-15-16-34-25-6-4-5-23(18-25)19-27-28(31)30(29(32)36-27)13-14-35-26-17-21(2)7-10-22(26)3/h4-12,17-19H,13-16H2,1-3H3/b27-19-. The molecular weight excluding hydrogens is 474 g/mol. The Morgan fingerprint density at radius 3 is 2.28 bits per heavy atom. The van der Waals surface area contributed by atoms with Gasteiger partial charge < -0.3 is 14.2 Å². The van der Waals surface area contributed by atoms with Crippen LogP contribution in [0.25, 0.3) is 6.08 Å². The van der Waals surface area contributed by atoms with E-state index in [4.69, 9.17) is 14.2 Å². The third-order valence-electron chi connectivity index (χ3n) is 5.59. The highest BCUT2D eigenvalue weighted by Gasteiger charge is 2.34. The van der Waals surface area contributed by atoms with E-state index in [2.05, 4.69) is 0 Å². The van der Waals surface area contributed by atoms with Crippen LogP contribution < -0.4 is 14.2 Å². The van der Waals surface area contributed by atoms with Crippen molar-refractivity contribution in [1.82, 2.24) is 4.90 Å². The van der Waals surface area contributed by atoms with Crippen LogP contribution in [0.4, 0.5) is 4.79 Å². The quantitative estimate of drug-likeness (QED) is 0.243. The van der Waals surface area contributed by atoms with E-state index in [0.29, 0.717) is 23.9 Å². The van der Waals surface area contributed by atoms with E-state index in [1.54, 1.807) is 6.08 Å². The van der Waals surface area contributed by atoms with Crippen LogP contribution in [-0.4, -0.2) is 42.4 Å². The summed E-state index contributed by atoms with van der Waals surface area (Å²) in [5.41, 5.74) is 4.07. The number of benzene rings is 3. The van der Waals surface area contributed by atoms with Gasteiger partial charge in [0.15, 0.2) is 0 Å².